The molecule has 0 spiro atoms. The van der Waals surface area contributed by atoms with Crippen molar-refractivity contribution in [1.82, 2.24) is 9.80 Å². The van der Waals surface area contributed by atoms with Gasteiger partial charge in [-0.3, -0.25) is 9.59 Å². The zero-order chi connectivity index (χ0) is 18.0. The molecule has 1 fully saturated rings. The molecule has 0 radical (unpaired) electrons. The van der Waals surface area contributed by atoms with Crippen LogP contribution < -0.4 is 5.73 Å². The van der Waals surface area contributed by atoms with Crippen LogP contribution >= 0.6 is 23.2 Å². The Hall–Kier alpha value is -2.02. The lowest BCUT2D eigenvalue weighted by Crippen LogP contribution is -2.50. The van der Waals surface area contributed by atoms with Crippen LogP contribution in [0.2, 0.25) is 10.0 Å². The van der Waals surface area contributed by atoms with E-state index in [9.17, 15) is 9.59 Å². The van der Waals surface area contributed by atoms with E-state index in [4.69, 9.17) is 33.4 Å². The number of hydrogen-bond donors (Lipinski definition) is 1. The van der Waals surface area contributed by atoms with E-state index in [0.29, 0.717) is 48.1 Å². The van der Waals surface area contributed by atoms with Gasteiger partial charge in [0.05, 0.1) is 27.7 Å². The van der Waals surface area contributed by atoms with E-state index in [0.717, 1.165) is 0 Å². The Balaban J connectivity index is 1.64. The molecular formula is C17H17Cl2N3O3. The van der Waals surface area contributed by atoms with Gasteiger partial charge in [-0.05, 0) is 18.2 Å². The van der Waals surface area contributed by atoms with Crippen molar-refractivity contribution in [1.29, 1.82) is 0 Å². The van der Waals surface area contributed by atoms with E-state index < -0.39 is 0 Å². The minimum Gasteiger partial charge on any atom is -0.467 e. The number of rotatable bonds is 3. The van der Waals surface area contributed by atoms with Crippen molar-refractivity contribution in [3.63, 3.8) is 0 Å². The topological polar surface area (TPSA) is 79.8 Å². The Labute approximate surface area is 155 Å². The van der Waals surface area contributed by atoms with Crippen LogP contribution in [0.3, 0.4) is 0 Å². The van der Waals surface area contributed by atoms with Gasteiger partial charge in [0.15, 0.2) is 0 Å². The normalized spacial score (nSPS) is 14.7. The summed E-state index contributed by atoms with van der Waals surface area (Å²) in [5, 5.41) is 0.595. The SMILES string of the molecule is NCc1cc(C(=O)N2CCN(C(=O)c3cccc(Cl)c3Cl)CC2)co1. The van der Waals surface area contributed by atoms with Crippen molar-refractivity contribution in [3.05, 3.63) is 57.5 Å². The summed E-state index contributed by atoms with van der Waals surface area (Å²) in [5.74, 6) is 0.248. The number of piperazine rings is 1. The van der Waals surface area contributed by atoms with E-state index in [2.05, 4.69) is 0 Å². The van der Waals surface area contributed by atoms with Gasteiger partial charge in [0.25, 0.3) is 11.8 Å². The van der Waals surface area contributed by atoms with Gasteiger partial charge in [-0.25, -0.2) is 0 Å². The first-order chi connectivity index (χ1) is 12.0. The summed E-state index contributed by atoms with van der Waals surface area (Å²) in [6.45, 7) is 1.97. The molecule has 0 saturated carbocycles. The molecule has 1 saturated heterocycles. The molecule has 2 N–H and O–H groups in total. The third-order valence-corrected chi connectivity index (χ3v) is 4.96. The molecule has 0 atom stereocenters. The molecule has 8 heteroatoms. The Morgan fingerprint density at radius 3 is 2.32 bits per heavy atom. The van der Waals surface area contributed by atoms with Crippen molar-refractivity contribution >= 4 is 35.0 Å². The first kappa shape index (κ1) is 17.8. The minimum absolute atomic E-state index is 0.128. The molecule has 2 heterocycles. The Morgan fingerprint density at radius 2 is 1.72 bits per heavy atom. The van der Waals surface area contributed by atoms with Gasteiger partial charge < -0.3 is 20.0 Å². The summed E-state index contributed by atoms with van der Waals surface area (Å²) >= 11 is 12.1. The molecule has 1 aliphatic rings. The third-order valence-electron chi connectivity index (χ3n) is 4.14. The molecule has 0 aliphatic carbocycles. The monoisotopic (exact) mass is 381 g/mol. The highest BCUT2D eigenvalue weighted by molar-refractivity contribution is 6.43. The molecule has 2 amide bonds. The second kappa shape index (κ2) is 7.47. The quantitative estimate of drug-likeness (QED) is 0.885. The molecule has 1 aromatic carbocycles. The maximum atomic E-state index is 12.6. The lowest BCUT2D eigenvalue weighted by atomic mass is 10.1. The molecule has 0 bridgehead atoms. The number of hydrogen-bond acceptors (Lipinski definition) is 4. The minimum atomic E-state index is -0.187. The van der Waals surface area contributed by atoms with Crippen LogP contribution in [0.15, 0.2) is 34.9 Å². The standard InChI is InChI=1S/C17H17Cl2N3O3/c18-14-3-1-2-13(15(14)19)17(24)22-6-4-21(5-7-22)16(23)11-8-12(9-20)25-10-11/h1-3,8,10H,4-7,9,20H2. The zero-order valence-corrected chi connectivity index (χ0v) is 14.9. The maximum absolute atomic E-state index is 12.6. The maximum Gasteiger partial charge on any atom is 0.257 e. The molecule has 6 nitrogen and oxygen atoms in total. The molecular weight excluding hydrogens is 365 g/mol. The highest BCUT2D eigenvalue weighted by Gasteiger charge is 2.27. The molecule has 3 rings (SSSR count). The summed E-state index contributed by atoms with van der Waals surface area (Å²) < 4.78 is 5.20. The highest BCUT2D eigenvalue weighted by atomic mass is 35.5. The van der Waals surface area contributed by atoms with Gasteiger partial charge in [0.1, 0.15) is 12.0 Å². The van der Waals surface area contributed by atoms with Crippen LogP contribution in [-0.4, -0.2) is 47.8 Å². The first-order valence-corrected chi connectivity index (χ1v) is 8.57. The zero-order valence-electron chi connectivity index (χ0n) is 13.4. The van der Waals surface area contributed by atoms with Crippen molar-refractivity contribution in [2.24, 2.45) is 5.73 Å². The second-order valence-corrected chi connectivity index (χ2v) is 6.48. The molecule has 2 aromatic rings. The van der Waals surface area contributed by atoms with E-state index in [1.165, 1.54) is 6.26 Å². The number of carbonyl (C=O) groups is 2. The average Bonchev–Trinajstić information content (AvgIpc) is 3.12. The smallest absolute Gasteiger partial charge is 0.257 e. The third kappa shape index (κ3) is 3.66. The lowest BCUT2D eigenvalue weighted by molar-refractivity contribution is 0.0535. The molecule has 1 aromatic heterocycles. The largest absolute Gasteiger partial charge is 0.467 e. The molecule has 0 unspecified atom stereocenters. The molecule has 132 valence electrons. The number of furan rings is 1. The lowest BCUT2D eigenvalue weighted by Gasteiger charge is -2.34. The Bertz CT molecular complexity index is 798. The van der Waals surface area contributed by atoms with Crippen LogP contribution in [0.4, 0.5) is 0 Å². The van der Waals surface area contributed by atoms with Crippen molar-refractivity contribution in [3.8, 4) is 0 Å². The Kier molecular flexibility index (Phi) is 5.32. The molecule has 1 aliphatic heterocycles. The van der Waals surface area contributed by atoms with Gasteiger partial charge in [0.2, 0.25) is 0 Å². The fourth-order valence-corrected chi connectivity index (χ4v) is 3.12. The van der Waals surface area contributed by atoms with Crippen LogP contribution in [0, 0.1) is 0 Å². The van der Waals surface area contributed by atoms with Gasteiger partial charge in [-0.2, -0.15) is 0 Å². The second-order valence-electron chi connectivity index (χ2n) is 5.69. The fraction of sp³-hybridized carbons (Fsp3) is 0.294. The predicted octanol–water partition coefficient (Wildman–Crippen LogP) is 2.64. The summed E-state index contributed by atoms with van der Waals surface area (Å²) in [6, 6.07) is 6.62. The number of carbonyl (C=O) groups excluding carboxylic acids is 2. The summed E-state index contributed by atoms with van der Waals surface area (Å²) in [6.07, 6.45) is 1.41. The number of nitrogens with two attached hydrogens (primary N) is 1. The van der Waals surface area contributed by atoms with Gasteiger partial charge in [-0.15, -0.1) is 0 Å². The number of nitrogens with zero attached hydrogens (tertiary/aromatic N) is 2. The molecule has 25 heavy (non-hydrogen) atoms. The summed E-state index contributed by atoms with van der Waals surface area (Å²) in [7, 11) is 0. The van der Waals surface area contributed by atoms with Crippen molar-refractivity contribution in [2.45, 2.75) is 6.54 Å². The fourth-order valence-electron chi connectivity index (χ4n) is 2.73. The number of amides is 2. The first-order valence-electron chi connectivity index (χ1n) is 7.81. The van der Waals surface area contributed by atoms with Crippen molar-refractivity contribution < 1.29 is 14.0 Å². The van der Waals surface area contributed by atoms with Crippen LogP contribution in [0.5, 0.6) is 0 Å². The summed E-state index contributed by atoms with van der Waals surface area (Å²) in [5.41, 5.74) is 6.33. The highest BCUT2D eigenvalue weighted by Crippen LogP contribution is 2.27. The van der Waals surface area contributed by atoms with E-state index in [1.807, 2.05) is 0 Å². The van der Waals surface area contributed by atoms with E-state index in [-0.39, 0.29) is 23.4 Å². The van der Waals surface area contributed by atoms with E-state index in [1.54, 1.807) is 34.1 Å². The van der Waals surface area contributed by atoms with Gasteiger partial charge >= 0.3 is 0 Å². The average molecular weight is 382 g/mol. The number of benzene rings is 1. The van der Waals surface area contributed by atoms with Gasteiger partial charge in [0, 0.05) is 26.2 Å². The van der Waals surface area contributed by atoms with Gasteiger partial charge in [-0.1, -0.05) is 29.3 Å². The number of halogens is 2. The van der Waals surface area contributed by atoms with Crippen LogP contribution in [0.1, 0.15) is 26.5 Å². The Morgan fingerprint density at radius 1 is 1.08 bits per heavy atom. The predicted molar refractivity (Wildman–Crippen MR) is 94.9 cm³/mol. The van der Waals surface area contributed by atoms with E-state index >= 15 is 0 Å². The van der Waals surface area contributed by atoms with Crippen LogP contribution in [0.25, 0.3) is 0 Å². The summed E-state index contributed by atoms with van der Waals surface area (Å²) in [4.78, 5) is 28.4. The van der Waals surface area contributed by atoms with Crippen LogP contribution in [-0.2, 0) is 6.54 Å². The van der Waals surface area contributed by atoms with Crippen molar-refractivity contribution in [2.75, 3.05) is 26.2 Å².